The van der Waals surface area contributed by atoms with Crippen LogP contribution in [0.4, 0.5) is 5.69 Å². The molecule has 7 heteroatoms. The predicted molar refractivity (Wildman–Crippen MR) is 115 cm³/mol. The van der Waals surface area contributed by atoms with Crippen molar-refractivity contribution in [1.29, 1.82) is 0 Å². The fraction of sp³-hybridized carbons (Fsp3) is 0.318. The molecule has 0 saturated carbocycles. The van der Waals surface area contributed by atoms with Gasteiger partial charge in [-0.05, 0) is 61.2 Å². The fourth-order valence-corrected chi connectivity index (χ4v) is 3.26. The van der Waals surface area contributed by atoms with Crippen LogP contribution in [0.25, 0.3) is 11.5 Å². The zero-order chi connectivity index (χ0) is 20.6. The molecule has 0 aliphatic rings. The number of thioether (sulfide) groups is 1. The van der Waals surface area contributed by atoms with Crippen molar-refractivity contribution in [2.75, 3.05) is 17.7 Å². The van der Waals surface area contributed by atoms with Gasteiger partial charge in [-0.25, -0.2) is 0 Å². The summed E-state index contributed by atoms with van der Waals surface area (Å²) in [5.41, 5.74) is 2.86. The molecular weight excluding hydrogens is 386 g/mol. The molecule has 152 valence electrons. The van der Waals surface area contributed by atoms with Crippen LogP contribution < -0.4 is 10.1 Å². The summed E-state index contributed by atoms with van der Waals surface area (Å²) in [7, 11) is 0. The highest BCUT2D eigenvalue weighted by atomic mass is 32.2. The third kappa shape index (κ3) is 5.84. The highest BCUT2D eigenvalue weighted by molar-refractivity contribution is 7.99. The molecule has 0 spiro atoms. The highest BCUT2D eigenvalue weighted by Crippen LogP contribution is 2.25. The van der Waals surface area contributed by atoms with Crippen LogP contribution in [0.2, 0.25) is 0 Å². The van der Waals surface area contributed by atoms with Gasteiger partial charge >= 0.3 is 0 Å². The summed E-state index contributed by atoms with van der Waals surface area (Å²) in [6, 6.07) is 15.4. The minimum absolute atomic E-state index is 0.118. The lowest BCUT2D eigenvalue weighted by Gasteiger charge is -2.10. The lowest BCUT2D eigenvalue weighted by atomic mass is 9.99. The smallest absolute Gasteiger partial charge is 0.277 e. The first-order valence-corrected chi connectivity index (χ1v) is 10.7. The maximum atomic E-state index is 12.2. The van der Waals surface area contributed by atoms with Gasteiger partial charge in [-0.15, -0.1) is 10.2 Å². The number of nitrogens with one attached hydrogen (secondary N) is 1. The van der Waals surface area contributed by atoms with Crippen molar-refractivity contribution < 1.29 is 13.9 Å². The van der Waals surface area contributed by atoms with E-state index in [1.165, 1.54) is 17.3 Å². The summed E-state index contributed by atoms with van der Waals surface area (Å²) in [6.07, 6.45) is 1.09. The molecule has 29 heavy (non-hydrogen) atoms. The van der Waals surface area contributed by atoms with E-state index in [4.69, 9.17) is 9.15 Å². The van der Waals surface area contributed by atoms with Crippen LogP contribution in [0.3, 0.4) is 0 Å². The van der Waals surface area contributed by atoms with E-state index in [-0.39, 0.29) is 11.7 Å². The Morgan fingerprint density at radius 3 is 2.48 bits per heavy atom. The van der Waals surface area contributed by atoms with Crippen LogP contribution >= 0.6 is 11.8 Å². The van der Waals surface area contributed by atoms with Gasteiger partial charge < -0.3 is 14.5 Å². The van der Waals surface area contributed by atoms with E-state index in [0.717, 1.165) is 23.4 Å². The molecule has 1 heterocycles. The number of benzene rings is 2. The Kier molecular flexibility index (Phi) is 7.30. The number of aromatic nitrogens is 2. The predicted octanol–water partition coefficient (Wildman–Crippen LogP) is 5.38. The van der Waals surface area contributed by atoms with E-state index in [1.54, 1.807) is 0 Å². The average Bonchev–Trinajstić information content (AvgIpc) is 3.22. The molecule has 0 saturated heterocycles. The zero-order valence-electron chi connectivity index (χ0n) is 16.8. The number of ether oxygens (including phenoxy) is 1. The van der Waals surface area contributed by atoms with Crippen molar-refractivity contribution in [3.8, 4) is 17.2 Å². The Morgan fingerprint density at radius 1 is 1.10 bits per heavy atom. The van der Waals surface area contributed by atoms with Gasteiger partial charge in [-0.3, -0.25) is 4.79 Å². The van der Waals surface area contributed by atoms with Gasteiger partial charge in [0, 0.05) is 11.3 Å². The molecule has 1 aromatic heterocycles. The van der Waals surface area contributed by atoms with Gasteiger partial charge in [0.25, 0.3) is 5.22 Å². The molecule has 6 nitrogen and oxygen atoms in total. The maximum Gasteiger partial charge on any atom is 0.277 e. The number of rotatable bonds is 9. The number of hydrogen-bond acceptors (Lipinski definition) is 6. The highest BCUT2D eigenvalue weighted by Gasteiger charge is 2.12. The van der Waals surface area contributed by atoms with Gasteiger partial charge in [0.05, 0.1) is 12.4 Å². The Balaban J connectivity index is 1.52. The molecular formula is C22H25N3O3S. The molecule has 3 rings (SSSR count). The van der Waals surface area contributed by atoms with Crippen LogP contribution in [0, 0.1) is 0 Å². The molecule has 0 fully saturated rings. The average molecular weight is 412 g/mol. The third-order valence-corrected chi connectivity index (χ3v) is 5.34. The molecule has 1 amide bonds. The summed E-state index contributed by atoms with van der Waals surface area (Å²) < 4.78 is 11.1. The lowest BCUT2D eigenvalue weighted by Crippen LogP contribution is -2.14. The summed E-state index contributed by atoms with van der Waals surface area (Å²) in [5, 5.41) is 11.3. The molecule has 1 atom stereocenters. The van der Waals surface area contributed by atoms with Crippen molar-refractivity contribution >= 4 is 23.4 Å². The molecule has 1 N–H and O–H groups in total. The quantitative estimate of drug-likeness (QED) is 0.476. The first-order chi connectivity index (χ1) is 14.1. The molecule has 0 unspecified atom stereocenters. The zero-order valence-corrected chi connectivity index (χ0v) is 17.7. The van der Waals surface area contributed by atoms with E-state index in [2.05, 4.69) is 41.5 Å². The van der Waals surface area contributed by atoms with Crippen molar-refractivity contribution in [3.05, 3.63) is 54.1 Å². The van der Waals surface area contributed by atoms with Crippen molar-refractivity contribution in [2.45, 2.75) is 38.3 Å². The van der Waals surface area contributed by atoms with Crippen molar-refractivity contribution in [3.63, 3.8) is 0 Å². The molecule has 2 aromatic carbocycles. The van der Waals surface area contributed by atoms with Gasteiger partial charge in [-0.2, -0.15) is 0 Å². The topological polar surface area (TPSA) is 77.2 Å². The van der Waals surface area contributed by atoms with Crippen LogP contribution in [0.5, 0.6) is 5.75 Å². The second-order valence-electron chi connectivity index (χ2n) is 6.60. The second-order valence-corrected chi connectivity index (χ2v) is 7.53. The minimum Gasteiger partial charge on any atom is -0.494 e. The van der Waals surface area contributed by atoms with Crippen molar-refractivity contribution in [2.24, 2.45) is 0 Å². The molecule has 0 radical (unpaired) electrons. The number of anilines is 1. The fourth-order valence-electron chi connectivity index (χ4n) is 2.70. The van der Waals surface area contributed by atoms with Gasteiger partial charge in [0.2, 0.25) is 11.8 Å². The number of hydrogen-bond donors (Lipinski definition) is 1. The SMILES string of the molecule is CCOc1ccc(-c2nnc(SCC(=O)Nc3ccc([C@@H](C)CC)cc3)o2)cc1. The van der Waals surface area contributed by atoms with E-state index in [1.807, 2.05) is 43.3 Å². The first-order valence-electron chi connectivity index (χ1n) is 9.68. The Bertz CT molecular complexity index is 923. The van der Waals surface area contributed by atoms with Crippen LogP contribution in [0.1, 0.15) is 38.7 Å². The standard InChI is InChI=1S/C22H25N3O3S/c1-4-15(3)16-6-10-18(11-7-16)23-20(26)14-29-22-25-24-21(28-22)17-8-12-19(13-9-17)27-5-2/h6-13,15H,4-5,14H2,1-3H3,(H,23,26)/t15-/m0/s1. The number of carbonyl (C=O) groups is 1. The summed E-state index contributed by atoms with van der Waals surface area (Å²) >= 11 is 1.21. The molecule has 0 aliphatic heterocycles. The van der Waals surface area contributed by atoms with E-state index < -0.39 is 0 Å². The molecule has 0 bridgehead atoms. The minimum atomic E-state index is -0.118. The number of nitrogens with zero attached hydrogens (tertiary/aromatic N) is 2. The number of amides is 1. The van der Waals surface area contributed by atoms with Crippen molar-refractivity contribution in [1.82, 2.24) is 10.2 Å². The van der Waals surface area contributed by atoms with Gasteiger partial charge in [-0.1, -0.05) is 37.7 Å². The lowest BCUT2D eigenvalue weighted by molar-refractivity contribution is -0.113. The van der Waals surface area contributed by atoms with Gasteiger partial charge in [0.15, 0.2) is 0 Å². The van der Waals surface area contributed by atoms with E-state index in [0.29, 0.717) is 23.6 Å². The Labute approximate surface area is 175 Å². The summed E-state index contributed by atoms with van der Waals surface area (Å²) in [6.45, 7) is 6.91. The summed E-state index contributed by atoms with van der Waals surface area (Å²) in [5.74, 6) is 1.79. The van der Waals surface area contributed by atoms with E-state index >= 15 is 0 Å². The summed E-state index contributed by atoms with van der Waals surface area (Å²) in [4.78, 5) is 12.2. The second kappa shape index (κ2) is 10.1. The number of carbonyl (C=O) groups excluding carboxylic acids is 1. The van der Waals surface area contributed by atoms with Gasteiger partial charge in [0.1, 0.15) is 5.75 Å². The third-order valence-electron chi connectivity index (χ3n) is 4.52. The monoisotopic (exact) mass is 411 g/mol. The van der Waals surface area contributed by atoms with Crippen LogP contribution in [-0.2, 0) is 4.79 Å². The first kappa shape index (κ1) is 20.9. The Morgan fingerprint density at radius 2 is 1.83 bits per heavy atom. The van der Waals surface area contributed by atoms with E-state index in [9.17, 15) is 4.79 Å². The maximum absolute atomic E-state index is 12.2. The van der Waals surface area contributed by atoms with Crippen LogP contribution in [0.15, 0.2) is 58.2 Å². The molecule has 0 aliphatic carbocycles. The van der Waals surface area contributed by atoms with Crippen LogP contribution in [-0.4, -0.2) is 28.5 Å². The Hall–Kier alpha value is -2.80. The normalized spacial score (nSPS) is 11.8. The molecule has 3 aromatic rings. The largest absolute Gasteiger partial charge is 0.494 e.